The van der Waals surface area contributed by atoms with Gasteiger partial charge in [-0.25, -0.2) is 0 Å². The van der Waals surface area contributed by atoms with Crippen molar-refractivity contribution in [3.05, 3.63) is 52.2 Å². The van der Waals surface area contributed by atoms with E-state index in [0.717, 1.165) is 42.2 Å². The third-order valence-electron chi connectivity index (χ3n) is 7.76. The van der Waals surface area contributed by atoms with Gasteiger partial charge in [0.1, 0.15) is 31.5 Å². The number of quaternary nitrogens is 1. The van der Waals surface area contributed by atoms with Gasteiger partial charge in [0, 0.05) is 19.3 Å². The van der Waals surface area contributed by atoms with Gasteiger partial charge >= 0.3 is 0 Å². The van der Waals surface area contributed by atoms with Crippen molar-refractivity contribution >= 4 is 11.3 Å². The molecule has 2 atom stereocenters. The van der Waals surface area contributed by atoms with Crippen LogP contribution in [0.1, 0.15) is 49.0 Å². The molecule has 4 saturated carbocycles. The molecule has 0 saturated heterocycles. The van der Waals surface area contributed by atoms with Crippen molar-refractivity contribution in [1.29, 1.82) is 0 Å². The van der Waals surface area contributed by atoms with Crippen LogP contribution in [0.4, 0.5) is 0 Å². The highest BCUT2D eigenvalue weighted by atomic mass is 32.1. The van der Waals surface area contributed by atoms with Crippen molar-refractivity contribution in [2.24, 2.45) is 17.8 Å². The Morgan fingerprint density at radius 3 is 2.38 bits per heavy atom. The molecule has 4 heteroatoms. The summed E-state index contributed by atoms with van der Waals surface area (Å²) >= 11 is 1.86. The van der Waals surface area contributed by atoms with Crippen molar-refractivity contribution in [1.82, 2.24) is 0 Å². The fourth-order valence-corrected chi connectivity index (χ4v) is 7.64. The number of aliphatic hydroxyl groups excluding tert-OH is 1. The molecule has 1 aromatic heterocycles. The third-order valence-corrected chi connectivity index (χ3v) is 8.64. The predicted molar refractivity (Wildman–Crippen MR) is 117 cm³/mol. The Hall–Kier alpha value is -1.36. The van der Waals surface area contributed by atoms with Gasteiger partial charge in [0.2, 0.25) is 0 Å². The summed E-state index contributed by atoms with van der Waals surface area (Å²) in [5.41, 5.74) is 1.51. The van der Waals surface area contributed by atoms with Gasteiger partial charge in [-0.2, -0.15) is 0 Å². The molecule has 4 aliphatic carbocycles. The quantitative estimate of drug-likeness (QED) is 0.691. The minimum atomic E-state index is -0.433. The fourth-order valence-electron chi connectivity index (χ4n) is 6.89. The maximum atomic E-state index is 11.0. The number of rotatable bonds is 8. The van der Waals surface area contributed by atoms with Crippen LogP contribution in [-0.2, 0) is 6.54 Å². The molecule has 0 spiro atoms. The lowest BCUT2D eigenvalue weighted by molar-refractivity contribution is -0.974. The summed E-state index contributed by atoms with van der Waals surface area (Å²) in [6, 6.07) is 12.5. The molecule has 1 aromatic carbocycles. The van der Waals surface area contributed by atoms with Crippen molar-refractivity contribution in [3.8, 4) is 5.75 Å². The van der Waals surface area contributed by atoms with Crippen molar-refractivity contribution in [2.75, 3.05) is 13.2 Å². The molecule has 2 aromatic rings. The second-order valence-corrected chi connectivity index (χ2v) is 11.0. The average molecular weight is 413 g/mol. The molecule has 29 heavy (non-hydrogen) atoms. The van der Waals surface area contributed by atoms with Gasteiger partial charge in [-0.1, -0.05) is 24.3 Å². The summed E-state index contributed by atoms with van der Waals surface area (Å²) in [5.74, 6) is 3.68. The van der Waals surface area contributed by atoms with E-state index in [4.69, 9.17) is 4.74 Å². The third kappa shape index (κ3) is 4.12. The number of benzene rings is 1. The molecule has 4 bridgehead atoms. The number of aliphatic hydroxyl groups is 1. The highest BCUT2D eigenvalue weighted by molar-refractivity contribution is 7.09. The standard InChI is InChI=1S/C25H33NO2S/c1-18-5-2-3-7-24(18)28-17-22(27)15-26(16-23-6-4-8-29-23)25-12-19-9-20(13-25)11-21(10-19)14-25/h2-8,19-22,27H,9-17H2,1H3/p+1/t19?,20?,21?,22-,25?/m0/s1. The predicted octanol–water partition coefficient (Wildman–Crippen LogP) is 3.85. The normalized spacial score (nSPS) is 32.3. The first kappa shape index (κ1) is 19.6. The van der Waals surface area contributed by atoms with Crippen LogP contribution in [0.15, 0.2) is 41.8 Å². The molecule has 0 aliphatic heterocycles. The molecule has 6 rings (SSSR count). The highest BCUT2D eigenvalue weighted by Gasteiger charge is 2.56. The molecule has 0 radical (unpaired) electrons. The first-order valence-corrected chi connectivity index (χ1v) is 12.2. The largest absolute Gasteiger partial charge is 0.490 e. The summed E-state index contributed by atoms with van der Waals surface area (Å²) in [5, 5.41) is 13.1. The topological polar surface area (TPSA) is 33.9 Å². The zero-order chi connectivity index (χ0) is 19.8. The Bertz CT molecular complexity index is 783. The fraction of sp³-hybridized carbons (Fsp3) is 0.600. The van der Waals surface area contributed by atoms with Crippen LogP contribution < -0.4 is 9.64 Å². The van der Waals surface area contributed by atoms with Crippen molar-refractivity contribution in [2.45, 2.75) is 63.6 Å². The van der Waals surface area contributed by atoms with Crippen LogP contribution in [0.3, 0.4) is 0 Å². The second kappa shape index (κ2) is 8.05. The smallest absolute Gasteiger partial charge is 0.137 e. The summed E-state index contributed by atoms with van der Waals surface area (Å²) in [4.78, 5) is 3.06. The van der Waals surface area contributed by atoms with Crippen LogP contribution in [0.5, 0.6) is 5.75 Å². The lowest BCUT2D eigenvalue weighted by Gasteiger charge is -2.58. The van der Waals surface area contributed by atoms with E-state index >= 15 is 0 Å². The monoisotopic (exact) mass is 412 g/mol. The Balaban J connectivity index is 1.30. The number of nitrogens with one attached hydrogen (secondary N) is 1. The van der Waals surface area contributed by atoms with Gasteiger partial charge in [-0.3, -0.25) is 0 Å². The number of thiophene rings is 1. The van der Waals surface area contributed by atoms with Crippen LogP contribution in [0.25, 0.3) is 0 Å². The van der Waals surface area contributed by atoms with E-state index in [1.807, 2.05) is 29.5 Å². The van der Waals surface area contributed by atoms with Gasteiger partial charge in [0.15, 0.2) is 0 Å². The molecule has 156 valence electrons. The second-order valence-electron chi connectivity index (χ2n) is 9.99. The Morgan fingerprint density at radius 2 is 1.76 bits per heavy atom. The maximum absolute atomic E-state index is 11.0. The zero-order valence-electron chi connectivity index (χ0n) is 17.5. The average Bonchev–Trinajstić information content (AvgIpc) is 3.19. The Labute approximate surface area is 178 Å². The van der Waals surface area contributed by atoms with E-state index in [1.54, 1.807) is 4.90 Å². The van der Waals surface area contributed by atoms with Gasteiger partial charge in [0.25, 0.3) is 0 Å². The van der Waals surface area contributed by atoms with Crippen molar-refractivity contribution in [3.63, 3.8) is 0 Å². The van der Waals surface area contributed by atoms with E-state index in [0.29, 0.717) is 12.1 Å². The molecule has 1 heterocycles. The minimum Gasteiger partial charge on any atom is -0.490 e. The summed E-state index contributed by atoms with van der Waals surface area (Å²) in [7, 11) is 0. The van der Waals surface area contributed by atoms with Crippen LogP contribution in [-0.4, -0.2) is 29.9 Å². The van der Waals surface area contributed by atoms with Crippen LogP contribution >= 0.6 is 11.3 Å². The van der Waals surface area contributed by atoms with E-state index < -0.39 is 6.10 Å². The zero-order valence-corrected chi connectivity index (χ0v) is 18.3. The maximum Gasteiger partial charge on any atom is 0.137 e. The number of para-hydroxylation sites is 1. The number of ether oxygens (including phenoxy) is 1. The van der Waals surface area contributed by atoms with E-state index in [9.17, 15) is 5.11 Å². The van der Waals surface area contributed by atoms with E-state index in [1.165, 1.54) is 43.4 Å². The Kier molecular flexibility index (Phi) is 5.44. The molecular weight excluding hydrogens is 378 g/mol. The minimum absolute atomic E-state index is 0.377. The van der Waals surface area contributed by atoms with Crippen LogP contribution in [0, 0.1) is 24.7 Å². The molecular formula is C25H34NO2S+. The van der Waals surface area contributed by atoms with Gasteiger partial charge in [-0.15, -0.1) is 11.3 Å². The van der Waals surface area contributed by atoms with E-state index in [2.05, 4.69) is 30.5 Å². The van der Waals surface area contributed by atoms with Crippen LogP contribution in [0.2, 0.25) is 0 Å². The molecule has 0 amide bonds. The summed E-state index contributed by atoms with van der Waals surface area (Å²) in [6.45, 7) is 4.28. The van der Waals surface area contributed by atoms with E-state index in [-0.39, 0.29) is 0 Å². The SMILES string of the molecule is Cc1ccccc1OC[C@@H](O)C[NH+](Cc1cccs1)C12CC3CC(CC(C3)C1)C2. The first-order chi connectivity index (χ1) is 14.1. The molecule has 2 N–H and O–H groups in total. The number of hydrogen-bond donors (Lipinski definition) is 2. The van der Waals surface area contributed by atoms with Gasteiger partial charge in [0.05, 0.1) is 10.4 Å². The lowest BCUT2D eigenvalue weighted by atomic mass is 9.52. The molecule has 1 unspecified atom stereocenters. The molecule has 4 fully saturated rings. The van der Waals surface area contributed by atoms with Crippen molar-refractivity contribution < 1.29 is 14.7 Å². The number of aryl methyl sites for hydroxylation is 1. The first-order valence-electron chi connectivity index (χ1n) is 11.3. The Morgan fingerprint density at radius 1 is 1.07 bits per heavy atom. The molecule has 3 nitrogen and oxygen atoms in total. The highest BCUT2D eigenvalue weighted by Crippen LogP contribution is 2.54. The molecule has 4 aliphatic rings. The number of hydrogen-bond acceptors (Lipinski definition) is 3. The summed E-state index contributed by atoms with van der Waals surface area (Å²) in [6.07, 6.45) is 8.05. The van der Waals surface area contributed by atoms with Gasteiger partial charge < -0.3 is 14.7 Å². The lowest BCUT2D eigenvalue weighted by Crippen LogP contribution is -3.21. The van der Waals surface area contributed by atoms with Gasteiger partial charge in [-0.05, 0) is 67.0 Å². The summed E-state index contributed by atoms with van der Waals surface area (Å²) < 4.78 is 5.99.